The lowest BCUT2D eigenvalue weighted by atomic mass is 10.0. The maximum Gasteiger partial charge on any atom is 0.222 e. The molecule has 5 nitrogen and oxygen atoms in total. The molecule has 5 heteroatoms. The second-order valence-corrected chi connectivity index (χ2v) is 8.72. The molecule has 2 heterocycles. The van der Waals surface area contributed by atoms with E-state index in [1.807, 2.05) is 11.7 Å². The summed E-state index contributed by atoms with van der Waals surface area (Å²) in [5, 5.41) is 4.60. The number of aryl methyl sites for hydroxylation is 2. The number of nitrogens with zero attached hydrogens (tertiary/aromatic N) is 4. The SMILES string of the molecule is Cc1nn(C)c(C)c1CN(C1CC1)[C@H]1CCC(=O)N(CCC(C)C)CC1. The summed E-state index contributed by atoms with van der Waals surface area (Å²) in [5.41, 5.74) is 3.81. The van der Waals surface area contributed by atoms with E-state index in [1.165, 1.54) is 24.1 Å². The monoisotopic (exact) mass is 360 g/mol. The minimum Gasteiger partial charge on any atom is -0.343 e. The molecule has 0 spiro atoms. The zero-order chi connectivity index (χ0) is 18.8. The summed E-state index contributed by atoms with van der Waals surface area (Å²) in [6.07, 6.45) is 6.54. The number of hydrogen-bond acceptors (Lipinski definition) is 3. The van der Waals surface area contributed by atoms with E-state index in [0.29, 0.717) is 30.3 Å². The first kappa shape index (κ1) is 19.4. The quantitative estimate of drug-likeness (QED) is 0.748. The summed E-state index contributed by atoms with van der Waals surface area (Å²) in [4.78, 5) is 17.4. The average Bonchev–Trinajstić information content (AvgIpc) is 3.39. The zero-order valence-corrected chi connectivity index (χ0v) is 17.3. The van der Waals surface area contributed by atoms with Crippen LogP contribution in [0.1, 0.15) is 69.3 Å². The number of likely N-dealkylation sites (tertiary alicyclic amines) is 1. The molecule has 1 aliphatic carbocycles. The van der Waals surface area contributed by atoms with Gasteiger partial charge < -0.3 is 4.90 Å². The Bertz CT molecular complexity index is 632. The third-order valence-electron chi connectivity index (χ3n) is 6.24. The van der Waals surface area contributed by atoms with Crippen LogP contribution in [0.2, 0.25) is 0 Å². The van der Waals surface area contributed by atoms with Crippen LogP contribution in [-0.2, 0) is 18.4 Å². The third-order valence-corrected chi connectivity index (χ3v) is 6.24. The molecule has 26 heavy (non-hydrogen) atoms. The molecule has 1 aromatic heterocycles. The molecule has 0 N–H and O–H groups in total. The maximum absolute atomic E-state index is 12.5. The van der Waals surface area contributed by atoms with Crippen LogP contribution < -0.4 is 0 Å². The van der Waals surface area contributed by atoms with Crippen LogP contribution in [0.25, 0.3) is 0 Å². The van der Waals surface area contributed by atoms with Gasteiger partial charge in [0.15, 0.2) is 0 Å². The van der Waals surface area contributed by atoms with Crippen molar-refractivity contribution in [2.45, 2.75) is 84.8 Å². The van der Waals surface area contributed by atoms with Crippen molar-refractivity contribution < 1.29 is 4.79 Å². The molecule has 1 aliphatic heterocycles. The summed E-state index contributed by atoms with van der Waals surface area (Å²) in [6.45, 7) is 11.6. The van der Waals surface area contributed by atoms with Gasteiger partial charge in [-0.25, -0.2) is 0 Å². The highest BCUT2D eigenvalue weighted by Crippen LogP contribution is 2.34. The van der Waals surface area contributed by atoms with E-state index >= 15 is 0 Å². The van der Waals surface area contributed by atoms with Crippen molar-refractivity contribution in [1.82, 2.24) is 19.6 Å². The van der Waals surface area contributed by atoms with E-state index in [2.05, 4.69) is 42.6 Å². The fraction of sp³-hybridized carbons (Fsp3) is 0.810. The molecule has 1 aromatic rings. The smallest absolute Gasteiger partial charge is 0.222 e. The summed E-state index contributed by atoms with van der Waals surface area (Å²) in [7, 11) is 2.03. The van der Waals surface area contributed by atoms with Crippen LogP contribution in [0.3, 0.4) is 0 Å². The predicted octanol–water partition coefficient (Wildman–Crippen LogP) is 3.43. The Kier molecular flexibility index (Phi) is 6.06. The Morgan fingerprint density at radius 3 is 2.42 bits per heavy atom. The van der Waals surface area contributed by atoms with Crippen molar-refractivity contribution in [1.29, 1.82) is 0 Å². The molecular formula is C21H36N4O. The van der Waals surface area contributed by atoms with Crippen molar-refractivity contribution in [3.63, 3.8) is 0 Å². The Balaban J connectivity index is 1.68. The van der Waals surface area contributed by atoms with Crippen molar-refractivity contribution in [3.8, 4) is 0 Å². The Hall–Kier alpha value is -1.36. The van der Waals surface area contributed by atoms with Gasteiger partial charge in [-0.15, -0.1) is 0 Å². The predicted molar refractivity (Wildman–Crippen MR) is 105 cm³/mol. The molecule has 2 aliphatic rings. The van der Waals surface area contributed by atoms with Gasteiger partial charge in [-0.2, -0.15) is 5.10 Å². The Morgan fingerprint density at radius 2 is 1.85 bits per heavy atom. The van der Waals surface area contributed by atoms with Crippen LogP contribution in [0.15, 0.2) is 0 Å². The first-order valence-corrected chi connectivity index (χ1v) is 10.4. The van der Waals surface area contributed by atoms with Crippen molar-refractivity contribution in [2.75, 3.05) is 13.1 Å². The van der Waals surface area contributed by atoms with Gasteiger partial charge in [0.2, 0.25) is 5.91 Å². The van der Waals surface area contributed by atoms with Gasteiger partial charge in [-0.3, -0.25) is 14.4 Å². The number of aromatic nitrogens is 2. The molecule has 1 saturated carbocycles. The van der Waals surface area contributed by atoms with Gasteiger partial charge in [-0.05, 0) is 51.9 Å². The van der Waals surface area contributed by atoms with Crippen LogP contribution in [0, 0.1) is 19.8 Å². The molecule has 0 aromatic carbocycles. The lowest BCUT2D eigenvalue weighted by molar-refractivity contribution is -0.130. The largest absolute Gasteiger partial charge is 0.343 e. The number of carbonyl (C=O) groups excluding carboxylic acids is 1. The zero-order valence-electron chi connectivity index (χ0n) is 17.3. The highest BCUT2D eigenvalue weighted by molar-refractivity contribution is 5.76. The summed E-state index contributed by atoms with van der Waals surface area (Å²) < 4.78 is 2.00. The number of rotatable bonds is 7. The Labute approximate surface area is 158 Å². The van der Waals surface area contributed by atoms with E-state index in [-0.39, 0.29) is 0 Å². The second-order valence-electron chi connectivity index (χ2n) is 8.72. The molecule has 2 fully saturated rings. The van der Waals surface area contributed by atoms with Gasteiger partial charge in [0, 0.05) is 56.4 Å². The van der Waals surface area contributed by atoms with E-state index < -0.39 is 0 Å². The molecule has 146 valence electrons. The lowest BCUT2D eigenvalue weighted by Crippen LogP contribution is -2.38. The van der Waals surface area contributed by atoms with Gasteiger partial charge in [0.1, 0.15) is 0 Å². The summed E-state index contributed by atoms with van der Waals surface area (Å²) in [5.74, 6) is 1.01. The highest BCUT2D eigenvalue weighted by Gasteiger charge is 2.36. The Morgan fingerprint density at radius 1 is 1.15 bits per heavy atom. The maximum atomic E-state index is 12.5. The van der Waals surface area contributed by atoms with Gasteiger partial charge >= 0.3 is 0 Å². The van der Waals surface area contributed by atoms with Crippen LogP contribution in [0.5, 0.6) is 0 Å². The summed E-state index contributed by atoms with van der Waals surface area (Å²) >= 11 is 0. The standard InChI is InChI=1S/C21H36N4O/c1-15(2)10-12-24-13-11-19(8-9-21(24)26)25(18-6-7-18)14-20-16(3)22-23(5)17(20)4/h15,18-19H,6-14H2,1-5H3/t19-/m0/s1. The molecule has 3 rings (SSSR count). The van der Waals surface area contributed by atoms with E-state index in [4.69, 9.17) is 0 Å². The van der Waals surface area contributed by atoms with E-state index in [1.54, 1.807) is 0 Å². The van der Waals surface area contributed by atoms with Gasteiger partial charge in [0.25, 0.3) is 0 Å². The molecular weight excluding hydrogens is 324 g/mol. The highest BCUT2D eigenvalue weighted by atomic mass is 16.2. The topological polar surface area (TPSA) is 41.4 Å². The number of hydrogen-bond donors (Lipinski definition) is 0. The van der Waals surface area contributed by atoms with Crippen LogP contribution in [0.4, 0.5) is 0 Å². The van der Waals surface area contributed by atoms with Crippen molar-refractivity contribution in [2.24, 2.45) is 13.0 Å². The lowest BCUT2D eigenvalue weighted by Gasteiger charge is -2.31. The minimum atomic E-state index is 0.359. The number of carbonyl (C=O) groups is 1. The summed E-state index contributed by atoms with van der Waals surface area (Å²) in [6, 6.07) is 1.23. The van der Waals surface area contributed by atoms with Crippen molar-refractivity contribution >= 4 is 5.91 Å². The first-order chi connectivity index (χ1) is 12.4. The molecule has 1 saturated heterocycles. The van der Waals surface area contributed by atoms with Gasteiger partial charge in [-0.1, -0.05) is 13.8 Å². The molecule has 1 amide bonds. The van der Waals surface area contributed by atoms with Crippen LogP contribution in [-0.4, -0.2) is 50.7 Å². The van der Waals surface area contributed by atoms with Crippen LogP contribution >= 0.6 is 0 Å². The molecule has 1 atom stereocenters. The fourth-order valence-corrected chi connectivity index (χ4v) is 4.20. The van der Waals surface area contributed by atoms with E-state index in [0.717, 1.165) is 44.6 Å². The molecule has 0 bridgehead atoms. The molecule has 0 unspecified atom stereocenters. The van der Waals surface area contributed by atoms with Crippen molar-refractivity contribution in [3.05, 3.63) is 17.0 Å². The minimum absolute atomic E-state index is 0.359. The third kappa shape index (κ3) is 4.48. The van der Waals surface area contributed by atoms with Gasteiger partial charge in [0.05, 0.1) is 5.69 Å². The van der Waals surface area contributed by atoms with E-state index in [9.17, 15) is 4.79 Å². The molecule has 0 radical (unpaired) electrons. The average molecular weight is 361 g/mol. The normalized spacial score (nSPS) is 21.7. The fourth-order valence-electron chi connectivity index (χ4n) is 4.20. The number of amides is 1. The first-order valence-electron chi connectivity index (χ1n) is 10.4. The second kappa shape index (κ2) is 8.12.